The molecule has 1 saturated heterocycles. The van der Waals surface area contributed by atoms with E-state index in [0.717, 1.165) is 12.8 Å². The van der Waals surface area contributed by atoms with Crippen LogP contribution in [0.4, 0.5) is 0 Å². The summed E-state index contributed by atoms with van der Waals surface area (Å²) >= 11 is 0. The van der Waals surface area contributed by atoms with Gasteiger partial charge in [-0.15, -0.1) is 0 Å². The van der Waals surface area contributed by atoms with Crippen LogP contribution in [-0.2, 0) is 9.53 Å². The lowest BCUT2D eigenvalue weighted by Gasteiger charge is -2.32. The van der Waals surface area contributed by atoms with Gasteiger partial charge in [0.25, 0.3) is 0 Å². The maximum atomic E-state index is 10.8. The minimum atomic E-state index is -1.09. The first-order chi connectivity index (χ1) is 5.55. The van der Waals surface area contributed by atoms with E-state index >= 15 is 0 Å². The molecule has 1 aliphatic rings. The van der Waals surface area contributed by atoms with E-state index in [9.17, 15) is 4.79 Å². The Morgan fingerprint density at radius 1 is 1.58 bits per heavy atom. The number of aliphatic carboxylic acids is 1. The fraction of sp³-hybridized carbons (Fsp3) is 0.875. The summed E-state index contributed by atoms with van der Waals surface area (Å²) in [5.74, 6) is -0.877. The number of hydrogen-bond donors (Lipinski definition) is 2. The summed E-state index contributed by atoms with van der Waals surface area (Å²) in [6.45, 7) is 2.83. The van der Waals surface area contributed by atoms with E-state index < -0.39 is 11.5 Å². The van der Waals surface area contributed by atoms with Crippen LogP contribution in [0.15, 0.2) is 0 Å². The molecule has 0 amide bonds. The van der Waals surface area contributed by atoms with Gasteiger partial charge in [-0.2, -0.15) is 0 Å². The van der Waals surface area contributed by atoms with Gasteiger partial charge in [-0.25, -0.2) is 0 Å². The first kappa shape index (κ1) is 9.48. The molecule has 0 unspecified atom stereocenters. The highest BCUT2D eigenvalue weighted by atomic mass is 16.5. The minimum absolute atomic E-state index is 0.0451. The predicted molar refractivity (Wildman–Crippen MR) is 43.8 cm³/mol. The number of carboxylic acids is 1. The van der Waals surface area contributed by atoms with Crippen LogP contribution in [0.5, 0.6) is 0 Å². The van der Waals surface area contributed by atoms with Crippen molar-refractivity contribution in [2.45, 2.75) is 25.3 Å². The predicted octanol–water partition coefficient (Wildman–Crippen LogP) is 0.215. The van der Waals surface area contributed by atoms with E-state index in [1.54, 1.807) is 6.92 Å². The van der Waals surface area contributed by atoms with Crippen molar-refractivity contribution >= 4 is 5.97 Å². The van der Waals surface area contributed by atoms with Crippen LogP contribution < -0.4 is 5.73 Å². The average Bonchev–Trinajstić information content (AvgIpc) is 2.06. The first-order valence-electron chi connectivity index (χ1n) is 4.15. The number of hydrogen-bond acceptors (Lipinski definition) is 3. The summed E-state index contributed by atoms with van der Waals surface area (Å²) in [5.41, 5.74) is 4.59. The Hall–Kier alpha value is -0.610. The Morgan fingerprint density at radius 2 is 2.08 bits per heavy atom. The maximum Gasteiger partial charge on any atom is 0.323 e. The fourth-order valence-electron chi connectivity index (χ4n) is 1.47. The van der Waals surface area contributed by atoms with Crippen molar-refractivity contribution in [3.8, 4) is 0 Å². The second kappa shape index (κ2) is 3.41. The van der Waals surface area contributed by atoms with Gasteiger partial charge in [-0.05, 0) is 25.7 Å². The van der Waals surface area contributed by atoms with Gasteiger partial charge in [0, 0.05) is 13.2 Å². The van der Waals surface area contributed by atoms with E-state index in [-0.39, 0.29) is 5.92 Å². The summed E-state index contributed by atoms with van der Waals surface area (Å²) in [5, 5.41) is 8.83. The zero-order chi connectivity index (χ0) is 9.19. The highest BCUT2D eigenvalue weighted by Crippen LogP contribution is 2.25. The number of carbonyl (C=O) groups is 1. The van der Waals surface area contributed by atoms with Crippen LogP contribution in [0.1, 0.15) is 19.8 Å². The monoisotopic (exact) mass is 173 g/mol. The molecule has 0 spiro atoms. The summed E-state index contributed by atoms with van der Waals surface area (Å²) in [6.07, 6.45) is 1.50. The molecule has 4 heteroatoms. The molecule has 1 atom stereocenters. The molecule has 4 nitrogen and oxygen atoms in total. The Morgan fingerprint density at radius 3 is 2.50 bits per heavy atom. The molecule has 0 aromatic heterocycles. The number of carboxylic acid groups (broad SMARTS) is 1. The standard InChI is InChI=1S/C8H15NO3/c1-8(9,7(10)11)6-2-4-12-5-3-6/h6H,2-5,9H2,1H3,(H,10,11)/t8-/m1/s1. The maximum absolute atomic E-state index is 10.8. The molecule has 12 heavy (non-hydrogen) atoms. The van der Waals surface area contributed by atoms with Gasteiger partial charge in [-0.3, -0.25) is 4.79 Å². The molecule has 0 aliphatic carbocycles. The summed E-state index contributed by atoms with van der Waals surface area (Å²) in [6, 6.07) is 0. The first-order valence-corrected chi connectivity index (χ1v) is 4.15. The molecule has 0 saturated carbocycles. The van der Waals surface area contributed by atoms with Crippen LogP contribution in [0.2, 0.25) is 0 Å². The third-order valence-corrected chi connectivity index (χ3v) is 2.53. The van der Waals surface area contributed by atoms with Crippen molar-refractivity contribution in [1.29, 1.82) is 0 Å². The molecule has 1 heterocycles. The van der Waals surface area contributed by atoms with Crippen LogP contribution >= 0.6 is 0 Å². The molecule has 1 rings (SSSR count). The quantitative estimate of drug-likeness (QED) is 0.626. The molecule has 0 bridgehead atoms. The van der Waals surface area contributed by atoms with Crippen molar-refractivity contribution in [3.63, 3.8) is 0 Å². The zero-order valence-electron chi connectivity index (χ0n) is 7.25. The summed E-state index contributed by atoms with van der Waals surface area (Å²) in [7, 11) is 0. The lowest BCUT2D eigenvalue weighted by atomic mass is 9.81. The molecule has 70 valence electrons. The number of ether oxygens (including phenoxy) is 1. The van der Waals surface area contributed by atoms with Crippen molar-refractivity contribution < 1.29 is 14.6 Å². The van der Waals surface area contributed by atoms with Crippen molar-refractivity contribution in [3.05, 3.63) is 0 Å². The highest BCUT2D eigenvalue weighted by molar-refractivity contribution is 5.78. The van der Waals surface area contributed by atoms with E-state index in [4.69, 9.17) is 15.6 Å². The van der Waals surface area contributed by atoms with Crippen molar-refractivity contribution in [2.24, 2.45) is 11.7 Å². The van der Waals surface area contributed by atoms with Gasteiger partial charge in [0.1, 0.15) is 5.54 Å². The smallest absolute Gasteiger partial charge is 0.323 e. The molecule has 1 aliphatic heterocycles. The van der Waals surface area contributed by atoms with Crippen LogP contribution in [0.3, 0.4) is 0 Å². The van der Waals surface area contributed by atoms with Gasteiger partial charge >= 0.3 is 5.97 Å². The van der Waals surface area contributed by atoms with Gasteiger partial charge in [0.2, 0.25) is 0 Å². The largest absolute Gasteiger partial charge is 0.480 e. The lowest BCUT2D eigenvalue weighted by molar-refractivity contribution is -0.146. The molecule has 3 N–H and O–H groups in total. The molecule has 0 aromatic carbocycles. The molecular weight excluding hydrogens is 158 g/mol. The van der Waals surface area contributed by atoms with Gasteiger partial charge in [0.15, 0.2) is 0 Å². The normalized spacial score (nSPS) is 24.8. The third-order valence-electron chi connectivity index (χ3n) is 2.53. The Labute approximate surface area is 71.7 Å². The van der Waals surface area contributed by atoms with E-state index in [1.807, 2.05) is 0 Å². The van der Waals surface area contributed by atoms with Crippen molar-refractivity contribution in [1.82, 2.24) is 0 Å². The topological polar surface area (TPSA) is 72.6 Å². The van der Waals surface area contributed by atoms with E-state index in [0.29, 0.717) is 13.2 Å². The Bertz CT molecular complexity index is 173. The van der Waals surface area contributed by atoms with Gasteiger partial charge in [-0.1, -0.05) is 0 Å². The van der Waals surface area contributed by atoms with Gasteiger partial charge < -0.3 is 15.6 Å². The lowest BCUT2D eigenvalue weighted by Crippen LogP contribution is -2.52. The highest BCUT2D eigenvalue weighted by Gasteiger charge is 2.38. The number of nitrogens with two attached hydrogens (primary N) is 1. The fourth-order valence-corrected chi connectivity index (χ4v) is 1.47. The third kappa shape index (κ3) is 1.76. The number of rotatable bonds is 2. The van der Waals surface area contributed by atoms with Crippen LogP contribution in [-0.4, -0.2) is 29.8 Å². The second-order valence-electron chi connectivity index (χ2n) is 3.47. The van der Waals surface area contributed by atoms with Gasteiger partial charge in [0.05, 0.1) is 0 Å². The van der Waals surface area contributed by atoms with Crippen LogP contribution in [0, 0.1) is 5.92 Å². The van der Waals surface area contributed by atoms with Crippen molar-refractivity contribution in [2.75, 3.05) is 13.2 Å². The minimum Gasteiger partial charge on any atom is -0.480 e. The van der Waals surface area contributed by atoms with E-state index in [1.165, 1.54) is 0 Å². The molecule has 1 fully saturated rings. The van der Waals surface area contributed by atoms with Crippen LogP contribution in [0.25, 0.3) is 0 Å². The van der Waals surface area contributed by atoms with E-state index in [2.05, 4.69) is 0 Å². The second-order valence-corrected chi connectivity index (χ2v) is 3.47. The molecule has 0 radical (unpaired) electrons. The summed E-state index contributed by atoms with van der Waals surface area (Å²) in [4.78, 5) is 10.8. The summed E-state index contributed by atoms with van der Waals surface area (Å²) < 4.78 is 5.13. The Balaban J connectivity index is 2.59. The molecular formula is C8H15NO3. The zero-order valence-corrected chi connectivity index (χ0v) is 7.25. The Kier molecular flexibility index (Phi) is 2.69. The average molecular weight is 173 g/mol. The molecule has 0 aromatic rings. The SMILES string of the molecule is C[C@](N)(C(=O)O)C1CCOCC1.